The highest BCUT2D eigenvalue weighted by atomic mass is 35.5. The molecule has 0 radical (unpaired) electrons. The molecule has 2 N–H and O–H groups in total. The van der Waals surface area contributed by atoms with Gasteiger partial charge in [-0.3, -0.25) is 0 Å². The van der Waals surface area contributed by atoms with Crippen LogP contribution in [0.4, 0.5) is 5.69 Å². The molecule has 1 aliphatic heterocycles. The van der Waals surface area contributed by atoms with Gasteiger partial charge in [0, 0.05) is 23.3 Å². The first-order valence-corrected chi connectivity index (χ1v) is 6.42. The van der Waals surface area contributed by atoms with Crippen LogP contribution in [0, 0.1) is 0 Å². The molecule has 1 aromatic rings. The standard InChI is InChI=1S/C13H17ClN2O2/c1-16-6-2-3-10(16)8-15-12-5-4-9(14)7-11(12)13(17)18/h4-5,7,10,15H,2-3,6,8H2,1H3,(H,17,18). The fourth-order valence-electron chi connectivity index (χ4n) is 2.31. The minimum atomic E-state index is -0.959. The molecule has 0 amide bonds. The molecule has 98 valence electrons. The zero-order chi connectivity index (χ0) is 13.1. The average Bonchev–Trinajstić information content (AvgIpc) is 2.73. The smallest absolute Gasteiger partial charge is 0.337 e. The van der Waals surface area contributed by atoms with Gasteiger partial charge in [-0.1, -0.05) is 11.6 Å². The average molecular weight is 269 g/mol. The molecule has 4 nitrogen and oxygen atoms in total. The molecular formula is C13H17ClN2O2. The second-order valence-electron chi connectivity index (χ2n) is 4.65. The van der Waals surface area contributed by atoms with Gasteiger partial charge in [-0.05, 0) is 44.6 Å². The van der Waals surface area contributed by atoms with Crippen LogP contribution in [0.25, 0.3) is 0 Å². The van der Waals surface area contributed by atoms with E-state index in [4.69, 9.17) is 16.7 Å². The van der Waals surface area contributed by atoms with Gasteiger partial charge >= 0.3 is 5.97 Å². The molecule has 2 rings (SSSR count). The summed E-state index contributed by atoms with van der Waals surface area (Å²) in [6.07, 6.45) is 2.36. The van der Waals surface area contributed by atoms with Gasteiger partial charge in [-0.2, -0.15) is 0 Å². The number of anilines is 1. The zero-order valence-electron chi connectivity index (χ0n) is 10.3. The van der Waals surface area contributed by atoms with E-state index in [9.17, 15) is 4.79 Å². The summed E-state index contributed by atoms with van der Waals surface area (Å²) in [5.74, 6) is -0.959. The van der Waals surface area contributed by atoms with Crippen molar-refractivity contribution in [1.29, 1.82) is 0 Å². The Balaban J connectivity index is 2.06. The summed E-state index contributed by atoms with van der Waals surface area (Å²) in [4.78, 5) is 13.4. The molecule has 0 aromatic heterocycles. The summed E-state index contributed by atoms with van der Waals surface area (Å²) < 4.78 is 0. The number of nitrogens with zero attached hydrogens (tertiary/aromatic N) is 1. The van der Waals surface area contributed by atoms with Crippen LogP contribution in [0.5, 0.6) is 0 Å². The fourth-order valence-corrected chi connectivity index (χ4v) is 2.48. The number of likely N-dealkylation sites (tertiary alicyclic amines) is 1. The lowest BCUT2D eigenvalue weighted by molar-refractivity contribution is 0.0698. The highest BCUT2D eigenvalue weighted by Crippen LogP contribution is 2.22. The number of hydrogen-bond acceptors (Lipinski definition) is 3. The maximum atomic E-state index is 11.1. The number of aromatic carboxylic acids is 1. The van der Waals surface area contributed by atoms with Crippen LogP contribution in [0.2, 0.25) is 5.02 Å². The Morgan fingerprint density at radius 1 is 1.61 bits per heavy atom. The Morgan fingerprint density at radius 3 is 3.00 bits per heavy atom. The van der Waals surface area contributed by atoms with E-state index < -0.39 is 5.97 Å². The zero-order valence-corrected chi connectivity index (χ0v) is 11.1. The lowest BCUT2D eigenvalue weighted by atomic mass is 10.1. The maximum absolute atomic E-state index is 11.1. The molecule has 0 spiro atoms. The quantitative estimate of drug-likeness (QED) is 0.881. The number of benzene rings is 1. The maximum Gasteiger partial charge on any atom is 0.337 e. The van der Waals surface area contributed by atoms with Gasteiger partial charge in [0.05, 0.1) is 5.56 Å². The van der Waals surface area contributed by atoms with Gasteiger partial charge in [-0.25, -0.2) is 4.79 Å². The van der Waals surface area contributed by atoms with Crippen molar-refractivity contribution in [2.75, 3.05) is 25.5 Å². The van der Waals surface area contributed by atoms with Gasteiger partial charge in [0.15, 0.2) is 0 Å². The number of nitrogens with one attached hydrogen (secondary N) is 1. The summed E-state index contributed by atoms with van der Waals surface area (Å²) >= 11 is 5.81. The first-order chi connectivity index (χ1) is 8.58. The predicted molar refractivity (Wildman–Crippen MR) is 72.6 cm³/mol. The first-order valence-electron chi connectivity index (χ1n) is 6.05. The predicted octanol–water partition coefficient (Wildman–Crippen LogP) is 2.54. The van der Waals surface area contributed by atoms with E-state index in [2.05, 4.69) is 17.3 Å². The van der Waals surface area contributed by atoms with E-state index in [-0.39, 0.29) is 5.56 Å². The molecule has 1 atom stereocenters. The van der Waals surface area contributed by atoms with Crippen molar-refractivity contribution >= 4 is 23.3 Å². The molecule has 5 heteroatoms. The fraction of sp³-hybridized carbons (Fsp3) is 0.462. The Kier molecular flexibility index (Phi) is 4.09. The van der Waals surface area contributed by atoms with Crippen LogP contribution >= 0.6 is 11.6 Å². The van der Waals surface area contributed by atoms with E-state index in [0.29, 0.717) is 16.8 Å². The molecule has 0 aliphatic carbocycles. The van der Waals surface area contributed by atoms with Gasteiger partial charge < -0.3 is 15.3 Å². The van der Waals surface area contributed by atoms with E-state index in [0.717, 1.165) is 19.5 Å². The first kappa shape index (κ1) is 13.2. The minimum absolute atomic E-state index is 0.225. The second kappa shape index (κ2) is 5.59. The number of hydrogen-bond donors (Lipinski definition) is 2. The van der Waals surface area contributed by atoms with E-state index >= 15 is 0 Å². The molecule has 18 heavy (non-hydrogen) atoms. The number of rotatable bonds is 4. The van der Waals surface area contributed by atoms with Crippen LogP contribution in [0.3, 0.4) is 0 Å². The lowest BCUT2D eigenvalue weighted by Crippen LogP contribution is -2.31. The van der Waals surface area contributed by atoms with Crippen molar-refractivity contribution in [3.8, 4) is 0 Å². The van der Waals surface area contributed by atoms with Crippen LogP contribution in [0.1, 0.15) is 23.2 Å². The van der Waals surface area contributed by atoms with E-state index in [1.165, 1.54) is 12.5 Å². The Labute approximate surface area is 112 Å². The summed E-state index contributed by atoms with van der Waals surface area (Å²) in [5.41, 5.74) is 0.857. The molecule has 0 bridgehead atoms. The normalized spacial score (nSPS) is 20.0. The van der Waals surface area contributed by atoms with Gasteiger partial charge in [0.2, 0.25) is 0 Å². The van der Waals surface area contributed by atoms with Crippen LogP contribution < -0.4 is 5.32 Å². The number of likely N-dealkylation sites (N-methyl/N-ethyl adjacent to an activating group) is 1. The summed E-state index contributed by atoms with van der Waals surface area (Å²) in [5, 5.41) is 12.8. The summed E-state index contributed by atoms with van der Waals surface area (Å²) in [6.45, 7) is 1.87. The van der Waals surface area contributed by atoms with E-state index in [1.807, 2.05) is 0 Å². The number of carbonyl (C=O) groups is 1. The minimum Gasteiger partial charge on any atom is -0.478 e. The third-order valence-electron chi connectivity index (χ3n) is 3.41. The molecule has 1 saturated heterocycles. The molecule has 1 aromatic carbocycles. The van der Waals surface area contributed by atoms with Gasteiger partial charge in [-0.15, -0.1) is 0 Å². The molecule has 1 fully saturated rings. The van der Waals surface area contributed by atoms with E-state index in [1.54, 1.807) is 12.1 Å². The van der Waals surface area contributed by atoms with Crippen molar-refractivity contribution in [1.82, 2.24) is 4.90 Å². The van der Waals surface area contributed by atoms with Crippen LogP contribution in [0.15, 0.2) is 18.2 Å². The van der Waals surface area contributed by atoms with Gasteiger partial charge in [0.25, 0.3) is 0 Å². The van der Waals surface area contributed by atoms with Gasteiger partial charge in [0.1, 0.15) is 0 Å². The highest BCUT2D eigenvalue weighted by molar-refractivity contribution is 6.31. The Morgan fingerprint density at radius 2 is 2.39 bits per heavy atom. The lowest BCUT2D eigenvalue weighted by Gasteiger charge is -2.21. The van der Waals surface area contributed by atoms with Crippen molar-refractivity contribution < 1.29 is 9.90 Å². The largest absolute Gasteiger partial charge is 0.478 e. The van der Waals surface area contributed by atoms with Crippen LogP contribution in [-0.2, 0) is 0 Å². The second-order valence-corrected chi connectivity index (χ2v) is 5.09. The molecule has 1 heterocycles. The van der Waals surface area contributed by atoms with Crippen molar-refractivity contribution in [3.63, 3.8) is 0 Å². The van der Waals surface area contributed by atoms with Crippen molar-refractivity contribution in [2.45, 2.75) is 18.9 Å². The summed E-state index contributed by atoms with van der Waals surface area (Å²) in [6, 6.07) is 5.38. The Bertz CT molecular complexity index is 451. The Hall–Kier alpha value is -1.26. The molecular weight excluding hydrogens is 252 g/mol. The SMILES string of the molecule is CN1CCCC1CNc1ccc(Cl)cc1C(=O)O. The van der Waals surface area contributed by atoms with Crippen molar-refractivity contribution in [3.05, 3.63) is 28.8 Å². The third kappa shape index (κ3) is 2.94. The molecule has 0 saturated carbocycles. The number of carboxylic acid groups (broad SMARTS) is 1. The number of halogens is 1. The third-order valence-corrected chi connectivity index (χ3v) is 3.65. The molecule has 1 aliphatic rings. The number of carboxylic acids is 1. The monoisotopic (exact) mass is 268 g/mol. The van der Waals surface area contributed by atoms with Crippen LogP contribution in [-0.4, -0.2) is 42.2 Å². The highest BCUT2D eigenvalue weighted by Gasteiger charge is 2.21. The van der Waals surface area contributed by atoms with Crippen molar-refractivity contribution in [2.24, 2.45) is 0 Å². The topological polar surface area (TPSA) is 52.6 Å². The summed E-state index contributed by atoms with van der Waals surface area (Å²) in [7, 11) is 2.10. The molecule has 1 unspecified atom stereocenters.